The summed E-state index contributed by atoms with van der Waals surface area (Å²) in [5.41, 5.74) is 4.56. The first-order valence-corrected chi connectivity index (χ1v) is 7.44. The van der Waals surface area contributed by atoms with E-state index in [1.54, 1.807) is 0 Å². The Morgan fingerprint density at radius 3 is 2.67 bits per heavy atom. The van der Waals surface area contributed by atoms with Crippen molar-refractivity contribution in [2.45, 2.75) is 38.4 Å². The smallest absolute Gasteiger partial charge is 0.351 e. The molecule has 134 valence electrons. The van der Waals surface area contributed by atoms with Gasteiger partial charge >= 0.3 is 11.7 Å². The van der Waals surface area contributed by atoms with Crippen LogP contribution >= 0.6 is 0 Å². The van der Waals surface area contributed by atoms with E-state index in [0.29, 0.717) is 0 Å². The number of aliphatic hydroxyl groups excluding tert-OH is 3. The number of aliphatic hydroxyl groups is 3. The van der Waals surface area contributed by atoms with Crippen LogP contribution in [0.25, 0.3) is 0 Å². The zero-order valence-electron chi connectivity index (χ0n) is 13.3. The molecule has 0 radical (unpaired) electrons. The number of hydrogen-bond acceptors (Lipinski definition) is 9. The lowest BCUT2D eigenvalue weighted by Gasteiger charge is -2.18. The van der Waals surface area contributed by atoms with Crippen molar-refractivity contribution >= 4 is 11.8 Å². The summed E-state index contributed by atoms with van der Waals surface area (Å²) >= 11 is 0. The molecular weight excluding hydrogens is 322 g/mol. The molecule has 0 aliphatic carbocycles. The number of anilines is 1. The number of carbonyl (C=O) groups is 1. The topological polar surface area (TPSA) is 157 Å². The third kappa shape index (κ3) is 3.56. The Labute approximate surface area is 137 Å². The Hall–Kier alpha value is -2.01. The lowest BCUT2D eigenvalue weighted by atomic mass is 10.1. The van der Waals surface area contributed by atoms with Gasteiger partial charge in [0.1, 0.15) is 29.7 Å². The van der Waals surface area contributed by atoms with Gasteiger partial charge in [-0.3, -0.25) is 4.57 Å². The quantitative estimate of drug-likeness (QED) is 0.455. The van der Waals surface area contributed by atoms with E-state index in [4.69, 9.17) is 20.3 Å². The highest BCUT2D eigenvalue weighted by Crippen LogP contribution is 2.28. The molecule has 0 amide bonds. The van der Waals surface area contributed by atoms with Crippen LogP contribution in [0.2, 0.25) is 0 Å². The van der Waals surface area contributed by atoms with Crippen LogP contribution in [0.4, 0.5) is 5.82 Å². The Kier molecular flexibility index (Phi) is 5.54. The fourth-order valence-electron chi connectivity index (χ4n) is 2.25. The molecule has 24 heavy (non-hydrogen) atoms. The molecule has 0 saturated carbocycles. The summed E-state index contributed by atoms with van der Waals surface area (Å²) in [6, 6.07) is 0. The summed E-state index contributed by atoms with van der Waals surface area (Å²) in [6.07, 6.45) is -4.18. The van der Waals surface area contributed by atoms with Gasteiger partial charge in [0, 0.05) is 6.20 Å². The fourth-order valence-corrected chi connectivity index (χ4v) is 2.25. The number of ether oxygens (including phenoxy) is 2. The van der Waals surface area contributed by atoms with E-state index in [1.807, 2.05) is 13.8 Å². The molecule has 0 aromatic carbocycles. The third-order valence-corrected chi connectivity index (χ3v) is 3.54. The van der Waals surface area contributed by atoms with Crippen LogP contribution in [0, 0.1) is 5.92 Å². The summed E-state index contributed by atoms with van der Waals surface area (Å²) in [5.74, 6) is -0.972. The molecule has 0 bridgehead atoms. The van der Waals surface area contributed by atoms with Gasteiger partial charge in [-0.2, -0.15) is 4.98 Å². The van der Waals surface area contributed by atoms with Crippen LogP contribution in [-0.4, -0.2) is 62.4 Å². The van der Waals surface area contributed by atoms with Crippen molar-refractivity contribution in [1.82, 2.24) is 9.55 Å². The Bertz CT molecular complexity index is 660. The zero-order chi connectivity index (χ0) is 18.0. The van der Waals surface area contributed by atoms with E-state index in [9.17, 15) is 19.8 Å². The van der Waals surface area contributed by atoms with E-state index in [-0.39, 0.29) is 23.9 Å². The van der Waals surface area contributed by atoms with E-state index in [0.717, 1.165) is 10.8 Å². The van der Waals surface area contributed by atoms with Gasteiger partial charge in [0.2, 0.25) is 0 Å². The van der Waals surface area contributed by atoms with Gasteiger partial charge in [0.15, 0.2) is 6.23 Å². The first kappa shape index (κ1) is 18.3. The second-order valence-corrected chi connectivity index (χ2v) is 5.95. The van der Waals surface area contributed by atoms with Gasteiger partial charge in [0.25, 0.3) is 0 Å². The van der Waals surface area contributed by atoms with Crippen LogP contribution in [0.15, 0.2) is 11.0 Å². The Balaban J connectivity index is 2.33. The summed E-state index contributed by atoms with van der Waals surface area (Å²) in [5, 5.41) is 28.9. The number of carbonyl (C=O) groups excluding carboxylic acids is 1. The van der Waals surface area contributed by atoms with Gasteiger partial charge in [-0.15, -0.1) is 0 Å². The Morgan fingerprint density at radius 2 is 2.12 bits per heavy atom. The molecule has 1 aliphatic heterocycles. The molecule has 10 heteroatoms. The number of hydrogen-bond donors (Lipinski definition) is 4. The molecule has 1 aliphatic rings. The predicted octanol–water partition coefficient (Wildman–Crippen LogP) is -1.75. The van der Waals surface area contributed by atoms with Crippen LogP contribution in [0.5, 0.6) is 0 Å². The summed E-state index contributed by atoms with van der Waals surface area (Å²) in [4.78, 5) is 27.6. The molecule has 10 nitrogen and oxygen atoms in total. The van der Waals surface area contributed by atoms with Crippen LogP contribution in [0.1, 0.15) is 30.4 Å². The van der Waals surface area contributed by atoms with Gasteiger partial charge in [0.05, 0.1) is 13.2 Å². The zero-order valence-corrected chi connectivity index (χ0v) is 13.3. The van der Waals surface area contributed by atoms with Crippen molar-refractivity contribution < 1.29 is 29.6 Å². The maximum absolute atomic E-state index is 12.1. The van der Waals surface area contributed by atoms with Crippen LogP contribution in [0.3, 0.4) is 0 Å². The highest BCUT2D eigenvalue weighted by atomic mass is 16.6. The minimum absolute atomic E-state index is 0.106. The normalized spacial score (nSPS) is 26.8. The first-order valence-electron chi connectivity index (χ1n) is 7.44. The maximum atomic E-state index is 12.1. The first-order chi connectivity index (χ1) is 11.3. The molecular formula is C14H21N3O7. The number of nitrogens with two attached hydrogens (primary N) is 1. The molecule has 1 fully saturated rings. The lowest BCUT2D eigenvalue weighted by Crippen LogP contribution is -2.36. The van der Waals surface area contributed by atoms with E-state index >= 15 is 0 Å². The SMILES string of the molecule is CC(C)COC(=O)c1cn([C@@H]2O[C@H](CO)[C@@H](O)[C@@H]2O)c(=O)nc1N. The number of nitrogen functional groups attached to an aromatic ring is 1. The van der Waals surface area contributed by atoms with Crippen molar-refractivity contribution in [2.75, 3.05) is 18.9 Å². The monoisotopic (exact) mass is 343 g/mol. The Morgan fingerprint density at radius 1 is 1.46 bits per heavy atom. The summed E-state index contributed by atoms with van der Waals surface area (Å²) in [7, 11) is 0. The fraction of sp³-hybridized carbons (Fsp3) is 0.643. The molecule has 2 rings (SSSR count). The average Bonchev–Trinajstić information content (AvgIpc) is 2.80. The average molecular weight is 343 g/mol. The third-order valence-electron chi connectivity index (χ3n) is 3.54. The number of aromatic nitrogens is 2. The second kappa shape index (κ2) is 7.26. The van der Waals surface area contributed by atoms with E-state index < -0.39 is 42.8 Å². The molecule has 0 unspecified atom stereocenters. The number of nitrogens with zero attached hydrogens (tertiary/aromatic N) is 2. The molecule has 4 atom stereocenters. The highest BCUT2D eigenvalue weighted by Gasteiger charge is 2.44. The van der Waals surface area contributed by atoms with Crippen molar-refractivity contribution in [3.05, 3.63) is 22.2 Å². The lowest BCUT2D eigenvalue weighted by molar-refractivity contribution is -0.0550. The van der Waals surface area contributed by atoms with Crippen LogP contribution < -0.4 is 11.4 Å². The summed E-state index contributed by atoms with van der Waals surface area (Å²) in [6.45, 7) is 3.32. The second-order valence-electron chi connectivity index (χ2n) is 5.95. The van der Waals surface area contributed by atoms with Crippen molar-refractivity contribution in [3.63, 3.8) is 0 Å². The molecule has 1 saturated heterocycles. The molecule has 5 N–H and O–H groups in total. The van der Waals surface area contributed by atoms with Crippen molar-refractivity contribution in [3.8, 4) is 0 Å². The van der Waals surface area contributed by atoms with E-state index in [1.165, 1.54) is 0 Å². The van der Waals surface area contributed by atoms with Crippen molar-refractivity contribution in [1.29, 1.82) is 0 Å². The van der Waals surface area contributed by atoms with Gasteiger partial charge in [-0.05, 0) is 5.92 Å². The minimum atomic E-state index is -1.48. The van der Waals surface area contributed by atoms with E-state index in [2.05, 4.69) is 4.98 Å². The van der Waals surface area contributed by atoms with Crippen LogP contribution in [-0.2, 0) is 9.47 Å². The minimum Gasteiger partial charge on any atom is -0.462 e. The molecule has 0 spiro atoms. The highest BCUT2D eigenvalue weighted by molar-refractivity contribution is 5.93. The van der Waals surface area contributed by atoms with Gasteiger partial charge < -0.3 is 30.5 Å². The summed E-state index contributed by atoms with van der Waals surface area (Å²) < 4.78 is 11.1. The molecule has 1 aromatic heterocycles. The standard InChI is InChI=1S/C14H21N3O7/c1-6(2)5-23-13(21)7-3-17(14(22)16-11(7)15)12-10(20)9(19)8(4-18)24-12/h3,6,8-10,12,18-20H,4-5H2,1-2H3,(H2,15,16,22)/t8-,9-,10+,12-/m1/s1. The van der Waals surface area contributed by atoms with Gasteiger partial charge in [-0.1, -0.05) is 13.8 Å². The largest absolute Gasteiger partial charge is 0.462 e. The maximum Gasteiger partial charge on any atom is 0.351 e. The number of rotatable bonds is 5. The molecule has 2 heterocycles. The molecule has 1 aromatic rings. The van der Waals surface area contributed by atoms with Gasteiger partial charge in [-0.25, -0.2) is 9.59 Å². The number of esters is 1. The van der Waals surface area contributed by atoms with Crippen molar-refractivity contribution in [2.24, 2.45) is 5.92 Å². The predicted molar refractivity (Wildman–Crippen MR) is 81.0 cm³/mol.